The number of hydrogen-bond donors (Lipinski definition) is 2. The Morgan fingerprint density at radius 3 is 1.59 bits per heavy atom. The Kier molecular flexibility index (Phi) is 10.7. The lowest BCUT2D eigenvalue weighted by molar-refractivity contribution is -0.130. The van der Waals surface area contributed by atoms with Gasteiger partial charge in [0.1, 0.15) is 11.6 Å². The Bertz CT molecular complexity index is 312. The molecule has 0 spiro atoms. The molecule has 0 unspecified atom stereocenters. The number of Topliss-reactive ketones (excluding diaryl/α,β-unsaturated/α-hetero) is 2. The third-order valence-electron chi connectivity index (χ3n) is 1.32. The summed E-state index contributed by atoms with van der Waals surface area (Å²) < 4.78 is 0. The van der Waals surface area contributed by atoms with E-state index >= 15 is 0 Å². The summed E-state index contributed by atoms with van der Waals surface area (Å²) in [7, 11) is 1.51. The van der Waals surface area contributed by atoms with E-state index in [4.69, 9.17) is 0 Å². The number of carbonyl (C=O) groups excluding carboxylic acids is 5. The summed E-state index contributed by atoms with van der Waals surface area (Å²) >= 11 is 0. The maximum Gasteiger partial charge on any atom is 0.233 e. The second kappa shape index (κ2) is 10.5. The minimum absolute atomic E-state index is 0.00347. The predicted molar refractivity (Wildman–Crippen MR) is 58.9 cm³/mol. The maximum absolute atomic E-state index is 10.3. The molecule has 2 N–H and O–H groups in total. The van der Waals surface area contributed by atoms with E-state index < -0.39 is 5.91 Å². The Labute approximate surface area is 98.9 Å². The molecule has 0 aromatic heterocycles. The van der Waals surface area contributed by atoms with Gasteiger partial charge in [-0.2, -0.15) is 0 Å². The van der Waals surface area contributed by atoms with Crippen molar-refractivity contribution in [3.8, 4) is 0 Å². The van der Waals surface area contributed by atoms with Crippen molar-refractivity contribution in [1.29, 1.82) is 0 Å². The van der Waals surface area contributed by atoms with Crippen LogP contribution in [-0.4, -0.2) is 36.8 Å². The van der Waals surface area contributed by atoms with Crippen LogP contribution in [0.3, 0.4) is 0 Å². The number of hydrogen-bond acceptors (Lipinski definition) is 5. The highest BCUT2D eigenvalue weighted by Crippen LogP contribution is 1.78. The molecule has 0 fully saturated rings. The number of rotatable bonds is 5. The highest BCUT2D eigenvalue weighted by atomic mass is 16.2. The smallest absolute Gasteiger partial charge is 0.233 e. The fraction of sp³-hybridized carbons (Fsp3) is 0.500. The van der Waals surface area contributed by atoms with Crippen LogP contribution in [0.1, 0.15) is 26.7 Å². The first-order chi connectivity index (χ1) is 7.83. The molecular formula is C10H16N2O5. The van der Waals surface area contributed by atoms with Crippen molar-refractivity contribution in [3.63, 3.8) is 0 Å². The Morgan fingerprint density at radius 2 is 1.35 bits per heavy atom. The van der Waals surface area contributed by atoms with E-state index in [1.807, 2.05) is 5.32 Å². The topological polar surface area (TPSA) is 109 Å². The van der Waals surface area contributed by atoms with Gasteiger partial charge in [-0.25, -0.2) is 0 Å². The molecule has 0 aliphatic heterocycles. The summed E-state index contributed by atoms with van der Waals surface area (Å²) in [5.41, 5.74) is 0. The Hall–Kier alpha value is -2.05. The molecule has 0 aliphatic rings. The van der Waals surface area contributed by atoms with Gasteiger partial charge in [-0.1, -0.05) is 0 Å². The van der Waals surface area contributed by atoms with E-state index in [1.165, 1.54) is 20.9 Å². The molecule has 0 saturated carbocycles. The molecule has 0 atom stereocenters. The van der Waals surface area contributed by atoms with Gasteiger partial charge < -0.3 is 5.32 Å². The van der Waals surface area contributed by atoms with E-state index in [9.17, 15) is 24.0 Å². The molecule has 0 aromatic carbocycles. The van der Waals surface area contributed by atoms with Gasteiger partial charge >= 0.3 is 0 Å². The molecule has 0 radical (unpaired) electrons. The van der Waals surface area contributed by atoms with Crippen LogP contribution in [0.15, 0.2) is 0 Å². The van der Waals surface area contributed by atoms with Gasteiger partial charge in [-0.15, -0.1) is 0 Å². The summed E-state index contributed by atoms with van der Waals surface area (Å²) in [6.45, 7) is 2.67. The van der Waals surface area contributed by atoms with Crippen LogP contribution < -0.4 is 10.6 Å². The van der Waals surface area contributed by atoms with Gasteiger partial charge in [-0.05, 0) is 13.8 Å². The molecule has 0 bridgehead atoms. The summed E-state index contributed by atoms with van der Waals surface area (Å²) in [4.78, 5) is 50.4. The zero-order chi connectivity index (χ0) is 13.8. The fourth-order valence-corrected chi connectivity index (χ4v) is 0.657. The lowest BCUT2D eigenvalue weighted by Crippen LogP contribution is -2.22. The fourth-order valence-electron chi connectivity index (χ4n) is 0.657. The van der Waals surface area contributed by atoms with Crippen LogP contribution in [0.25, 0.3) is 0 Å². The number of ketones is 2. The second-order valence-corrected chi connectivity index (χ2v) is 3.12. The number of carbonyl (C=O) groups is 5. The van der Waals surface area contributed by atoms with Crippen molar-refractivity contribution in [1.82, 2.24) is 10.6 Å². The highest BCUT2D eigenvalue weighted by Gasteiger charge is 2.01. The van der Waals surface area contributed by atoms with E-state index in [2.05, 4.69) is 5.32 Å². The van der Waals surface area contributed by atoms with Gasteiger partial charge in [0, 0.05) is 7.05 Å². The van der Waals surface area contributed by atoms with Crippen LogP contribution in [0, 0.1) is 0 Å². The lowest BCUT2D eigenvalue weighted by Gasteiger charge is -1.91. The van der Waals surface area contributed by atoms with Crippen molar-refractivity contribution in [2.45, 2.75) is 26.7 Å². The highest BCUT2D eigenvalue weighted by molar-refractivity contribution is 6.00. The van der Waals surface area contributed by atoms with Crippen molar-refractivity contribution < 1.29 is 24.0 Å². The maximum atomic E-state index is 10.3. The predicted octanol–water partition coefficient (Wildman–Crippen LogP) is -1.05. The summed E-state index contributed by atoms with van der Waals surface area (Å²) in [5, 5.41) is 4.17. The van der Waals surface area contributed by atoms with E-state index in [0.29, 0.717) is 0 Å². The van der Waals surface area contributed by atoms with Crippen LogP contribution >= 0.6 is 0 Å². The van der Waals surface area contributed by atoms with Crippen molar-refractivity contribution in [2.75, 3.05) is 7.05 Å². The van der Waals surface area contributed by atoms with Crippen LogP contribution in [0.4, 0.5) is 0 Å². The van der Waals surface area contributed by atoms with Crippen molar-refractivity contribution in [3.05, 3.63) is 0 Å². The second-order valence-electron chi connectivity index (χ2n) is 3.12. The van der Waals surface area contributed by atoms with Gasteiger partial charge in [0.25, 0.3) is 0 Å². The SMILES string of the molecule is CC(=O)CC(=O)NC=O.CNC(=O)CC(C)=O. The largest absolute Gasteiger partial charge is 0.359 e. The van der Waals surface area contributed by atoms with Crippen LogP contribution in [-0.2, 0) is 24.0 Å². The van der Waals surface area contributed by atoms with Crippen molar-refractivity contribution >= 4 is 29.8 Å². The standard InChI is InChI=1S/C5H7NO3.C5H9NO2/c1-4(8)2-5(9)6-3-7;1-4(7)3-5(8)6-2/h3H,2H2,1H3,(H,6,7,9);3H2,1-2H3,(H,6,8). The average molecular weight is 244 g/mol. The van der Waals surface area contributed by atoms with E-state index in [1.54, 1.807) is 0 Å². The Morgan fingerprint density at radius 1 is 0.941 bits per heavy atom. The van der Waals surface area contributed by atoms with Crippen LogP contribution in [0.5, 0.6) is 0 Å². The van der Waals surface area contributed by atoms with Gasteiger partial charge in [0.05, 0.1) is 12.8 Å². The van der Waals surface area contributed by atoms with Crippen LogP contribution in [0.2, 0.25) is 0 Å². The number of imide groups is 1. The van der Waals surface area contributed by atoms with Crippen molar-refractivity contribution in [2.24, 2.45) is 0 Å². The monoisotopic (exact) mass is 244 g/mol. The number of amides is 3. The van der Waals surface area contributed by atoms with E-state index in [-0.39, 0.29) is 36.7 Å². The first-order valence-electron chi connectivity index (χ1n) is 4.76. The minimum Gasteiger partial charge on any atom is -0.359 e. The average Bonchev–Trinajstić information content (AvgIpc) is 2.16. The lowest BCUT2D eigenvalue weighted by atomic mass is 10.3. The molecule has 0 saturated heterocycles. The molecular weight excluding hydrogens is 228 g/mol. The molecule has 7 heteroatoms. The molecule has 0 heterocycles. The molecule has 0 rings (SSSR count). The third kappa shape index (κ3) is 16.6. The summed E-state index contributed by atoms with van der Waals surface area (Å²) in [5.74, 6) is -1.14. The number of nitrogens with one attached hydrogen (secondary N) is 2. The zero-order valence-corrected chi connectivity index (χ0v) is 10.0. The zero-order valence-electron chi connectivity index (χ0n) is 10.0. The first-order valence-corrected chi connectivity index (χ1v) is 4.76. The quantitative estimate of drug-likeness (QED) is 0.473. The Balaban J connectivity index is 0. The molecule has 0 aromatic rings. The molecule has 96 valence electrons. The van der Waals surface area contributed by atoms with Gasteiger partial charge in [-0.3, -0.25) is 29.3 Å². The summed E-state index contributed by atoms with van der Waals surface area (Å²) in [6.07, 6.45) is 0.0283. The minimum atomic E-state index is -0.558. The van der Waals surface area contributed by atoms with E-state index in [0.717, 1.165) is 0 Å². The molecule has 17 heavy (non-hydrogen) atoms. The van der Waals surface area contributed by atoms with Gasteiger partial charge in [0.15, 0.2) is 0 Å². The normalized spacial score (nSPS) is 8.18. The molecule has 0 aliphatic carbocycles. The molecule has 3 amide bonds. The first kappa shape index (κ1) is 17.3. The third-order valence-corrected chi connectivity index (χ3v) is 1.32. The summed E-state index contributed by atoms with van der Waals surface area (Å²) in [6, 6.07) is 0. The van der Waals surface area contributed by atoms with Gasteiger partial charge in [0.2, 0.25) is 18.2 Å². The molecule has 7 nitrogen and oxygen atoms in total.